The number of rotatable bonds is 6. The zero-order chi connectivity index (χ0) is 15.1. The van der Waals surface area contributed by atoms with Crippen molar-refractivity contribution in [3.63, 3.8) is 0 Å². The van der Waals surface area contributed by atoms with E-state index in [9.17, 15) is 9.59 Å². The van der Waals surface area contributed by atoms with Crippen LogP contribution in [0.15, 0.2) is 18.2 Å². The van der Waals surface area contributed by atoms with E-state index < -0.39 is 5.25 Å². The van der Waals surface area contributed by atoms with Gasteiger partial charge in [0.05, 0.1) is 33.3 Å². The molecule has 7 heteroatoms. The maximum absolute atomic E-state index is 12.0. The summed E-state index contributed by atoms with van der Waals surface area (Å²) in [6.45, 7) is 3.76. The van der Waals surface area contributed by atoms with Gasteiger partial charge in [0.1, 0.15) is 0 Å². The molecular weight excluding hydrogens is 321 g/mol. The zero-order valence-corrected chi connectivity index (χ0v) is 13.4. The minimum Gasteiger partial charge on any atom is -0.465 e. The number of hydrogen-bond donors (Lipinski definition) is 1. The summed E-state index contributed by atoms with van der Waals surface area (Å²) in [5, 5.41) is 2.97. The number of thioether (sulfide) groups is 1. The average molecular weight is 336 g/mol. The summed E-state index contributed by atoms with van der Waals surface area (Å²) in [7, 11) is 0. The number of halogens is 2. The topological polar surface area (TPSA) is 55.4 Å². The SMILES string of the molecule is CCOC(=O)CS[C@H](C)C(=O)Nc1c(Cl)cccc1Cl. The van der Waals surface area contributed by atoms with Crippen LogP contribution in [0, 0.1) is 0 Å². The molecule has 1 amide bonds. The number of para-hydroxylation sites is 1. The van der Waals surface area contributed by atoms with Gasteiger partial charge < -0.3 is 10.1 Å². The third kappa shape index (κ3) is 5.23. The van der Waals surface area contributed by atoms with E-state index in [1.165, 1.54) is 11.8 Å². The fourth-order valence-corrected chi connectivity index (χ4v) is 2.49. The lowest BCUT2D eigenvalue weighted by Gasteiger charge is -2.13. The predicted octanol–water partition coefficient (Wildman–Crippen LogP) is 3.62. The highest BCUT2D eigenvalue weighted by molar-refractivity contribution is 8.01. The minimum atomic E-state index is -0.424. The molecule has 0 bridgehead atoms. The molecular formula is C13H15Cl2NO3S. The molecule has 0 saturated carbocycles. The molecule has 0 aliphatic carbocycles. The summed E-state index contributed by atoms with van der Waals surface area (Å²) in [5.41, 5.74) is 0.379. The number of amides is 1. The highest BCUT2D eigenvalue weighted by Crippen LogP contribution is 2.30. The first-order valence-corrected chi connectivity index (χ1v) is 7.78. The first kappa shape index (κ1) is 17.1. The Labute approximate surface area is 132 Å². The van der Waals surface area contributed by atoms with E-state index in [1.54, 1.807) is 32.0 Å². The lowest BCUT2D eigenvalue weighted by atomic mass is 10.3. The Morgan fingerprint density at radius 1 is 1.35 bits per heavy atom. The highest BCUT2D eigenvalue weighted by Gasteiger charge is 2.18. The molecule has 0 saturated heterocycles. The molecule has 1 aromatic carbocycles. The molecule has 0 aliphatic heterocycles. The molecule has 0 aromatic heterocycles. The van der Waals surface area contributed by atoms with Crippen LogP contribution in [0.2, 0.25) is 10.0 Å². The van der Waals surface area contributed by atoms with Gasteiger partial charge in [0.2, 0.25) is 5.91 Å². The van der Waals surface area contributed by atoms with E-state index >= 15 is 0 Å². The van der Waals surface area contributed by atoms with Crippen molar-refractivity contribution in [1.29, 1.82) is 0 Å². The molecule has 0 radical (unpaired) electrons. The first-order chi connectivity index (χ1) is 9.45. The van der Waals surface area contributed by atoms with Crippen molar-refractivity contribution in [2.24, 2.45) is 0 Å². The van der Waals surface area contributed by atoms with Gasteiger partial charge in [-0.15, -0.1) is 11.8 Å². The van der Waals surface area contributed by atoms with E-state index in [4.69, 9.17) is 27.9 Å². The molecule has 1 atom stereocenters. The Balaban J connectivity index is 2.56. The number of hydrogen-bond acceptors (Lipinski definition) is 4. The Morgan fingerprint density at radius 2 is 1.95 bits per heavy atom. The maximum atomic E-state index is 12.0. The monoisotopic (exact) mass is 335 g/mol. The van der Waals surface area contributed by atoms with Crippen molar-refractivity contribution in [3.05, 3.63) is 28.2 Å². The van der Waals surface area contributed by atoms with Gasteiger partial charge in [-0.25, -0.2) is 0 Å². The van der Waals surface area contributed by atoms with Crippen LogP contribution in [-0.4, -0.2) is 29.5 Å². The fraction of sp³-hybridized carbons (Fsp3) is 0.385. The highest BCUT2D eigenvalue weighted by atomic mass is 35.5. The van der Waals surface area contributed by atoms with Crippen molar-refractivity contribution >= 4 is 52.5 Å². The van der Waals surface area contributed by atoms with Crippen LogP contribution in [0.4, 0.5) is 5.69 Å². The molecule has 20 heavy (non-hydrogen) atoms. The molecule has 0 spiro atoms. The van der Waals surface area contributed by atoms with Crippen molar-refractivity contribution in [2.45, 2.75) is 19.1 Å². The maximum Gasteiger partial charge on any atom is 0.315 e. The van der Waals surface area contributed by atoms with Crippen molar-refractivity contribution in [3.8, 4) is 0 Å². The zero-order valence-electron chi connectivity index (χ0n) is 11.1. The average Bonchev–Trinajstić information content (AvgIpc) is 2.40. The molecule has 1 N–H and O–H groups in total. The molecule has 4 nitrogen and oxygen atoms in total. The van der Waals surface area contributed by atoms with Gasteiger partial charge in [-0.05, 0) is 26.0 Å². The fourth-order valence-electron chi connectivity index (χ4n) is 1.31. The Hall–Kier alpha value is -0.910. The second-order valence-electron chi connectivity index (χ2n) is 3.84. The number of benzene rings is 1. The lowest BCUT2D eigenvalue weighted by Crippen LogP contribution is -2.24. The quantitative estimate of drug-likeness (QED) is 0.806. The largest absolute Gasteiger partial charge is 0.465 e. The van der Waals surface area contributed by atoms with Gasteiger partial charge in [0.25, 0.3) is 0 Å². The van der Waals surface area contributed by atoms with Gasteiger partial charge >= 0.3 is 5.97 Å². The number of anilines is 1. The molecule has 0 aliphatic rings. The van der Waals surface area contributed by atoms with Crippen LogP contribution in [0.3, 0.4) is 0 Å². The van der Waals surface area contributed by atoms with E-state index in [0.29, 0.717) is 22.3 Å². The molecule has 0 heterocycles. The Morgan fingerprint density at radius 3 is 2.50 bits per heavy atom. The number of esters is 1. The Kier molecular flexibility index (Phi) is 7.19. The number of carbonyl (C=O) groups is 2. The lowest BCUT2D eigenvalue weighted by molar-refractivity contribution is -0.139. The van der Waals surface area contributed by atoms with Gasteiger partial charge in [0.15, 0.2) is 0 Å². The first-order valence-electron chi connectivity index (χ1n) is 5.97. The second-order valence-corrected chi connectivity index (χ2v) is 5.99. The Bertz CT molecular complexity index is 476. The standard InChI is InChI=1S/C13H15Cl2NO3S/c1-3-19-11(17)7-20-8(2)13(18)16-12-9(14)5-4-6-10(12)15/h4-6,8H,3,7H2,1-2H3,(H,16,18)/t8-/m1/s1. The summed E-state index contributed by atoms with van der Waals surface area (Å²) in [4.78, 5) is 23.2. The molecule has 110 valence electrons. The minimum absolute atomic E-state index is 0.124. The van der Waals surface area contributed by atoms with Crippen molar-refractivity contribution in [2.75, 3.05) is 17.7 Å². The summed E-state index contributed by atoms with van der Waals surface area (Å²) in [6.07, 6.45) is 0. The molecule has 1 rings (SSSR count). The van der Waals surface area contributed by atoms with Gasteiger partial charge in [0, 0.05) is 0 Å². The third-order valence-corrected chi connectivity index (χ3v) is 4.08. The van der Waals surface area contributed by atoms with Gasteiger partial charge in [-0.3, -0.25) is 9.59 Å². The van der Waals surface area contributed by atoms with Crippen LogP contribution in [0.1, 0.15) is 13.8 Å². The van der Waals surface area contributed by atoms with Crippen LogP contribution >= 0.6 is 35.0 Å². The predicted molar refractivity (Wildman–Crippen MR) is 83.6 cm³/mol. The van der Waals surface area contributed by atoms with Gasteiger partial charge in [-0.2, -0.15) is 0 Å². The molecule has 0 unspecified atom stereocenters. The summed E-state index contributed by atoms with van der Waals surface area (Å²) >= 11 is 13.1. The normalized spacial score (nSPS) is 11.8. The van der Waals surface area contributed by atoms with Crippen molar-refractivity contribution < 1.29 is 14.3 Å². The van der Waals surface area contributed by atoms with E-state index in [0.717, 1.165) is 0 Å². The number of nitrogens with one attached hydrogen (secondary N) is 1. The van der Waals surface area contributed by atoms with Crippen LogP contribution in [0.25, 0.3) is 0 Å². The van der Waals surface area contributed by atoms with E-state index in [1.807, 2.05) is 0 Å². The van der Waals surface area contributed by atoms with Crippen molar-refractivity contribution in [1.82, 2.24) is 0 Å². The third-order valence-electron chi connectivity index (χ3n) is 2.34. The van der Waals surface area contributed by atoms with Crippen LogP contribution < -0.4 is 5.32 Å². The number of ether oxygens (including phenoxy) is 1. The second kappa shape index (κ2) is 8.39. The van der Waals surface area contributed by atoms with Crippen LogP contribution in [-0.2, 0) is 14.3 Å². The van der Waals surface area contributed by atoms with Crippen LogP contribution in [0.5, 0.6) is 0 Å². The molecule has 0 fully saturated rings. The van der Waals surface area contributed by atoms with Gasteiger partial charge in [-0.1, -0.05) is 29.3 Å². The summed E-state index contributed by atoms with van der Waals surface area (Å²) in [5.74, 6) is -0.485. The smallest absolute Gasteiger partial charge is 0.315 e. The number of carbonyl (C=O) groups excluding carboxylic acids is 2. The van der Waals surface area contributed by atoms with E-state index in [2.05, 4.69) is 5.32 Å². The summed E-state index contributed by atoms with van der Waals surface area (Å²) in [6, 6.07) is 4.97. The van der Waals surface area contributed by atoms with E-state index in [-0.39, 0.29) is 17.6 Å². The molecule has 1 aromatic rings. The summed E-state index contributed by atoms with van der Waals surface area (Å²) < 4.78 is 4.79.